The van der Waals surface area contributed by atoms with Crippen molar-refractivity contribution in [1.82, 2.24) is 4.90 Å². The third kappa shape index (κ3) is 3.68. The lowest BCUT2D eigenvalue weighted by atomic mass is 9.91. The van der Waals surface area contributed by atoms with E-state index in [4.69, 9.17) is 14.2 Å². The zero-order valence-electron chi connectivity index (χ0n) is 17.2. The van der Waals surface area contributed by atoms with Crippen molar-refractivity contribution >= 4 is 23.1 Å². The van der Waals surface area contributed by atoms with E-state index in [1.54, 1.807) is 32.7 Å². The maximum absolute atomic E-state index is 13.3. The molecule has 2 amide bonds. The molecule has 2 aromatic carbocycles. The second-order valence-corrected chi connectivity index (χ2v) is 7.88. The van der Waals surface area contributed by atoms with Gasteiger partial charge in [0.25, 0.3) is 0 Å². The van der Waals surface area contributed by atoms with Crippen LogP contribution in [0.1, 0.15) is 22.0 Å². The Balaban J connectivity index is 1.73. The second-order valence-electron chi connectivity index (χ2n) is 6.90. The third-order valence-corrected chi connectivity index (χ3v) is 6.22. The Hall–Kier alpha value is -3.19. The van der Waals surface area contributed by atoms with Crippen LogP contribution in [-0.4, -0.2) is 38.8 Å². The average Bonchev–Trinajstić information content (AvgIpc) is 3.32. The van der Waals surface area contributed by atoms with Crippen molar-refractivity contribution < 1.29 is 19.0 Å². The molecular formula is C23H24N2O4S. The van der Waals surface area contributed by atoms with Gasteiger partial charge in [0.05, 0.1) is 33.1 Å². The molecule has 0 spiro atoms. The number of nitrogens with zero attached hydrogens (tertiary/aromatic N) is 1. The van der Waals surface area contributed by atoms with E-state index in [-0.39, 0.29) is 12.1 Å². The van der Waals surface area contributed by atoms with Crippen molar-refractivity contribution in [3.8, 4) is 17.2 Å². The standard InChI is InChI=1S/C23H24N2O4S/c1-27-18-8-5-4-7-17(18)24-23(26)25-11-10-15-13-19(28-2)20(29-3)14-16(15)22(25)21-9-6-12-30-21/h4-9,12-14,22H,10-11H2,1-3H3,(H,24,26). The van der Waals surface area contributed by atoms with Crippen molar-refractivity contribution in [2.45, 2.75) is 12.5 Å². The zero-order chi connectivity index (χ0) is 21.1. The second kappa shape index (κ2) is 8.67. The Morgan fingerprint density at radius 2 is 1.73 bits per heavy atom. The number of benzene rings is 2. The van der Waals surface area contributed by atoms with Crippen LogP contribution in [0.3, 0.4) is 0 Å². The molecule has 6 nitrogen and oxygen atoms in total. The molecule has 30 heavy (non-hydrogen) atoms. The summed E-state index contributed by atoms with van der Waals surface area (Å²) in [6.45, 7) is 0.589. The number of hydrogen-bond donors (Lipinski definition) is 1. The van der Waals surface area contributed by atoms with E-state index in [0.717, 1.165) is 22.4 Å². The largest absolute Gasteiger partial charge is 0.495 e. The lowest BCUT2D eigenvalue weighted by Gasteiger charge is -2.37. The third-order valence-electron chi connectivity index (χ3n) is 5.30. The van der Waals surface area contributed by atoms with Crippen LogP contribution in [0.15, 0.2) is 53.9 Å². The van der Waals surface area contributed by atoms with Crippen LogP contribution in [0.5, 0.6) is 17.2 Å². The Labute approximate surface area is 180 Å². The van der Waals surface area contributed by atoms with E-state index in [2.05, 4.69) is 11.4 Å². The molecule has 7 heteroatoms. The predicted octanol–water partition coefficient (Wildman–Crippen LogP) is 4.95. The molecule has 0 aliphatic carbocycles. The number of hydrogen-bond acceptors (Lipinski definition) is 5. The van der Waals surface area contributed by atoms with Crippen LogP contribution in [-0.2, 0) is 6.42 Å². The molecule has 1 aliphatic rings. The van der Waals surface area contributed by atoms with Crippen LogP contribution in [0.2, 0.25) is 0 Å². The SMILES string of the molecule is COc1ccccc1NC(=O)N1CCc2cc(OC)c(OC)cc2C1c1cccs1. The topological polar surface area (TPSA) is 60.0 Å². The minimum Gasteiger partial charge on any atom is -0.495 e. The molecule has 0 bridgehead atoms. The number of thiophene rings is 1. The summed E-state index contributed by atoms with van der Waals surface area (Å²) in [6, 6.07) is 15.1. The van der Waals surface area contributed by atoms with Crippen LogP contribution in [0.4, 0.5) is 10.5 Å². The summed E-state index contributed by atoms with van der Waals surface area (Å²) >= 11 is 1.63. The van der Waals surface area contributed by atoms with Gasteiger partial charge < -0.3 is 24.4 Å². The van der Waals surface area contributed by atoms with Crippen LogP contribution in [0.25, 0.3) is 0 Å². The van der Waals surface area contributed by atoms with Crippen molar-refractivity contribution in [3.63, 3.8) is 0 Å². The molecule has 0 radical (unpaired) electrons. The summed E-state index contributed by atoms with van der Waals surface area (Å²) < 4.78 is 16.4. The van der Waals surface area contributed by atoms with Gasteiger partial charge in [-0.15, -0.1) is 11.3 Å². The Bertz CT molecular complexity index is 1040. The van der Waals surface area contributed by atoms with Gasteiger partial charge in [0.2, 0.25) is 0 Å². The van der Waals surface area contributed by atoms with Crippen molar-refractivity contribution in [1.29, 1.82) is 0 Å². The van der Waals surface area contributed by atoms with Crippen LogP contribution >= 0.6 is 11.3 Å². The predicted molar refractivity (Wildman–Crippen MR) is 118 cm³/mol. The number of amides is 2. The Morgan fingerprint density at radius 1 is 1.00 bits per heavy atom. The summed E-state index contributed by atoms with van der Waals surface area (Å²) in [5.41, 5.74) is 2.86. The van der Waals surface area contributed by atoms with Gasteiger partial charge in [0.15, 0.2) is 11.5 Å². The highest BCUT2D eigenvalue weighted by Gasteiger charge is 2.34. The fourth-order valence-corrected chi connectivity index (χ4v) is 4.71. The first kappa shape index (κ1) is 20.1. The number of carbonyl (C=O) groups excluding carboxylic acids is 1. The van der Waals surface area contributed by atoms with Gasteiger partial charge in [0, 0.05) is 11.4 Å². The lowest BCUT2D eigenvalue weighted by Crippen LogP contribution is -2.42. The summed E-state index contributed by atoms with van der Waals surface area (Å²) in [6.07, 6.45) is 0.733. The maximum atomic E-state index is 13.3. The van der Waals surface area contributed by atoms with Gasteiger partial charge in [-0.1, -0.05) is 18.2 Å². The van der Waals surface area contributed by atoms with Gasteiger partial charge in [-0.2, -0.15) is 0 Å². The van der Waals surface area contributed by atoms with Crippen molar-refractivity contribution in [2.75, 3.05) is 33.2 Å². The van der Waals surface area contributed by atoms with E-state index in [1.165, 1.54) is 0 Å². The van der Waals surface area contributed by atoms with E-state index in [0.29, 0.717) is 29.5 Å². The number of anilines is 1. The minimum absolute atomic E-state index is 0.168. The smallest absolute Gasteiger partial charge is 0.322 e. The number of methoxy groups -OCH3 is 3. The Morgan fingerprint density at radius 3 is 2.43 bits per heavy atom. The number of urea groups is 1. The molecule has 0 saturated carbocycles. The highest BCUT2D eigenvalue weighted by atomic mass is 32.1. The summed E-state index contributed by atoms with van der Waals surface area (Å²) in [5, 5.41) is 5.04. The monoisotopic (exact) mass is 424 g/mol. The van der Waals surface area contributed by atoms with Crippen molar-refractivity contribution in [3.05, 3.63) is 69.9 Å². The molecule has 1 aromatic heterocycles. The lowest BCUT2D eigenvalue weighted by molar-refractivity contribution is 0.194. The van der Waals surface area contributed by atoms with Crippen LogP contribution < -0.4 is 19.5 Å². The van der Waals surface area contributed by atoms with Gasteiger partial charge in [-0.25, -0.2) is 4.79 Å². The number of carbonyl (C=O) groups is 1. The molecule has 0 fully saturated rings. The summed E-state index contributed by atoms with van der Waals surface area (Å²) in [5.74, 6) is 1.99. The van der Waals surface area contributed by atoms with Crippen LogP contribution in [0, 0.1) is 0 Å². The maximum Gasteiger partial charge on any atom is 0.322 e. The molecule has 1 atom stereocenters. The summed E-state index contributed by atoms with van der Waals surface area (Å²) in [4.78, 5) is 16.3. The van der Waals surface area contributed by atoms with Gasteiger partial charge in [-0.3, -0.25) is 0 Å². The molecule has 1 aliphatic heterocycles. The number of rotatable bonds is 5. The fraction of sp³-hybridized carbons (Fsp3) is 0.261. The molecule has 156 valence electrons. The first-order chi connectivity index (χ1) is 14.7. The normalized spacial score (nSPS) is 15.3. The molecule has 1 unspecified atom stereocenters. The van der Waals surface area contributed by atoms with Gasteiger partial charge in [0.1, 0.15) is 5.75 Å². The van der Waals surface area contributed by atoms with Gasteiger partial charge in [-0.05, 0) is 53.3 Å². The minimum atomic E-state index is -0.205. The molecule has 1 N–H and O–H groups in total. The number of fused-ring (bicyclic) bond motifs is 1. The first-order valence-electron chi connectivity index (χ1n) is 9.65. The fourth-order valence-electron chi connectivity index (χ4n) is 3.85. The van der Waals surface area contributed by atoms with E-state index < -0.39 is 0 Å². The molecule has 3 aromatic rings. The molecule has 4 rings (SSSR count). The molecule has 0 saturated heterocycles. The van der Waals surface area contributed by atoms with Crippen molar-refractivity contribution in [2.24, 2.45) is 0 Å². The quantitative estimate of drug-likeness (QED) is 0.629. The number of para-hydroxylation sites is 2. The summed E-state index contributed by atoms with van der Waals surface area (Å²) in [7, 11) is 4.85. The zero-order valence-corrected chi connectivity index (χ0v) is 18.0. The van der Waals surface area contributed by atoms with E-state index in [1.807, 2.05) is 52.7 Å². The molecule has 2 heterocycles. The highest BCUT2D eigenvalue weighted by Crippen LogP contribution is 2.42. The molecular weight excluding hydrogens is 400 g/mol. The average molecular weight is 425 g/mol. The highest BCUT2D eigenvalue weighted by molar-refractivity contribution is 7.10. The number of nitrogens with one attached hydrogen (secondary N) is 1. The number of ether oxygens (including phenoxy) is 3. The van der Waals surface area contributed by atoms with E-state index >= 15 is 0 Å². The first-order valence-corrected chi connectivity index (χ1v) is 10.5. The van der Waals surface area contributed by atoms with E-state index in [9.17, 15) is 4.79 Å². The Kier molecular flexibility index (Phi) is 5.81. The van der Waals surface area contributed by atoms with Gasteiger partial charge >= 0.3 is 6.03 Å².